The molecule has 0 aromatic rings. The quantitative estimate of drug-likeness (QED) is 0.566. The average Bonchev–Trinajstić information content (AvgIpc) is 1.96. The lowest BCUT2D eigenvalue weighted by atomic mass is 9.84. The van der Waals surface area contributed by atoms with E-state index < -0.39 is 11.7 Å². The summed E-state index contributed by atoms with van der Waals surface area (Å²) in [5.74, 6) is 0.147. The topological polar surface area (TPSA) is 40.5 Å². The predicted octanol–water partition coefficient (Wildman–Crippen LogP) is 0.891. The Morgan fingerprint density at radius 2 is 2.20 bits per heavy atom. The molecule has 2 unspecified atom stereocenters. The Morgan fingerprint density at radius 1 is 1.50 bits per heavy atom. The number of alkyl halides is 1. The van der Waals surface area contributed by atoms with E-state index in [4.69, 9.17) is 11.6 Å². The molecule has 2 nitrogen and oxygen atoms in total. The summed E-state index contributed by atoms with van der Waals surface area (Å²) in [7, 11) is 0. The van der Waals surface area contributed by atoms with Crippen LogP contribution in [0.4, 0.5) is 0 Å². The molecule has 0 heterocycles. The summed E-state index contributed by atoms with van der Waals surface area (Å²) < 4.78 is 0. The van der Waals surface area contributed by atoms with E-state index in [0.717, 1.165) is 12.8 Å². The molecule has 0 aromatic carbocycles. The summed E-state index contributed by atoms with van der Waals surface area (Å²) in [6.45, 7) is 0. The highest BCUT2D eigenvalue weighted by Gasteiger charge is 2.36. The van der Waals surface area contributed by atoms with E-state index in [9.17, 15) is 10.2 Å². The first-order valence-corrected chi connectivity index (χ1v) is 4.19. The van der Waals surface area contributed by atoms with Gasteiger partial charge in [0.2, 0.25) is 0 Å². The molecule has 60 valence electrons. The molecule has 1 saturated carbocycles. The molecule has 1 fully saturated rings. The van der Waals surface area contributed by atoms with E-state index in [1.807, 2.05) is 0 Å². The maximum Gasteiger partial charge on any atom is 0.104 e. The van der Waals surface area contributed by atoms with Gasteiger partial charge in [0.05, 0.1) is 12.0 Å². The van der Waals surface area contributed by atoms with Crippen LogP contribution in [0.3, 0.4) is 0 Å². The number of hydrogen-bond acceptors (Lipinski definition) is 2. The fourth-order valence-corrected chi connectivity index (χ4v) is 1.67. The van der Waals surface area contributed by atoms with Crippen molar-refractivity contribution in [2.45, 2.75) is 37.4 Å². The monoisotopic (exact) mass is 164 g/mol. The number of halogens is 1. The smallest absolute Gasteiger partial charge is 0.104 e. The molecular weight excluding hydrogens is 152 g/mol. The first-order valence-electron chi connectivity index (χ1n) is 3.65. The van der Waals surface area contributed by atoms with Gasteiger partial charge in [-0.2, -0.15) is 0 Å². The maximum absolute atomic E-state index is 9.57. The van der Waals surface area contributed by atoms with Gasteiger partial charge >= 0.3 is 0 Å². The standard InChI is InChI=1S/C7H13ClO2/c8-5-7(10)4-2-1-3-6(7)9/h6,9-10H,1-5H2. The highest BCUT2D eigenvalue weighted by atomic mass is 35.5. The Morgan fingerprint density at radius 3 is 2.60 bits per heavy atom. The third kappa shape index (κ3) is 1.44. The van der Waals surface area contributed by atoms with Crippen molar-refractivity contribution in [3.05, 3.63) is 0 Å². The molecule has 0 amide bonds. The second-order valence-electron chi connectivity index (χ2n) is 3.00. The summed E-state index contributed by atoms with van der Waals surface area (Å²) >= 11 is 5.51. The molecule has 0 saturated heterocycles. The van der Waals surface area contributed by atoms with Crippen LogP contribution < -0.4 is 0 Å². The van der Waals surface area contributed by atoms with Gasteiger partial charge in [0, 0.05) is 0 Å². The van der Waals surface area contributed by atoms with E-state index in [-0.39, 0.29) is 5.88 Å². The molecule has 1 aliphatic rings. The van der Waals surface area contributed by atoms with Gasteiger partial charge in [0.1, 0.15) is 5.60 Å². The largest absolute Gasteiger partial charge is 0.390 e. The predicted molar refractivity (Wildman–Crippen MR) is 40.1 cm³/mol. The lowest BCUT2D eigenvalue weighted by Crippen LogP contribution is -2.46. The normalized spacial score (nSPS) is 41.7. The third-order valence-corrected chi connectivity index (χ3v) is 2.65. The summed E-state index contributed by atoms with van der Waals surface area (Å²) in [6, 6.07) is 0. The Balaban J connectivity index is 2.54. The van der Waals surface area contributed by atoms with Crippen LogP contribution in [0.2, 0.25) is 0 Å². The molecule has 3 heteroatoms. The van der Waals surface area contributed by atoms with Crippen molar-refractivity contribution in [1.29, 1.82) is 0 Å². The number of rotatable bonds is 1. The van der Waals surface area contributed by atoms with Gasteiger partial charge in [-0.05, 0) is 12.8 Å². The molecule has 2 N–H and O–H groups in total. The molecular formula is C7H13ClO2. The van der Waals surface area contributed by atoms with Gasteiger partial charge in [0.15, 0.2) is 0 Å². The number of aliphatic hydroxyl groups is 2. The second kappa shape index (κ2) is 3.07. The van der Waals surface area contributed by atoms with Crippen molar-refractivity contribution < 1.29 is 10.2 Å². The summed E-state index contributed by atoms with van der Waals surface area (Å²) in [6.07, 6.45) is 2.68. The van der Waals surface area contributed by atoms with E-state index in [1.54, 1.807) is 0 Å². The van der Waals surface area contributed by atoms with Crippen LogP contribution in [0.25, 0.3) is 0 Å². The van der Waals surface area contributed by atoms with Crippen molar-refractivity contribution in [2.75, 3.05) is 5.88 Å². The van der Waals surface area contributed by atoms with E-state index >= 15 is 0 Å². The fourth-order valence-electron chi connectivity index (χ4n) is 1.36. The molecule has 0 aromatic heterocycles. The maximum atomic E-state index is 9.57. The van der Waals surface area contributed by atoms with Crippen LogP contribution in [0.15, 0.2) is 0 Å². The van der Waals surface area contributed by atoms with E-state index in [1.165, 1.54) is 0 Å². The Kier molecular flexibility index (Phi) is 2.55. The summed E-state index contributed by atoms with van der Waals surface area (Å²) in [4.78, 5) is 0. The Bertz CT molecular complexity index is 118. The molecule has 1 rings (SSSR count). The van der Waals surface area contributed by atoms with Crippen molar-refractivity contribution in [3.8, 4) is 0 Å². The zero-order valence-electron chi connectivity index (χ0n) is 5.89. The minimum Gasteiger partial charge on any atom is -0.390 e. The van der Waals surface area contributed by atoms with Gasteiger partial charge in [-0.15, -0.1) is 11.6 Å². The lowest BCUT2D eigenvalue weighted by molar-refractivity contribution is -0.0837. The first-order chi connectivity index (χ1) is 4.69. The minimum absolute atomic E-state index is 0.147. The second-order valence-corrected chi connectivity index (χ2v) is 3.27. The van der Waals surface area contributed by atoms with Gasteiger partial charge in [-0.3, -0.25) is 0 Å². The molecule has 0 radical (unpaired) electrons. The van der Waals surface area contributed by atoms with Crippen LogP contribution in [0, 0.1) is 0 Å². The third-order valence-electron chi connectivity index (χ3n) is 2.19. The molecule has 2 atom stereocenters. The van der Waals surface area contributed by atoms with Crippen molar-refractivity contribution in [3.63, 3.8) is 0 Å². The van der Waals surface area contributed by atoms with Crippen LogP contribution in [-0.4, -0.2) is 27.8 Å². The van der Waals surface area contributed by atoms with E-state index in [0.29, 0.717) is 12.8 Å². The average molecular weight is 165 g/mol. The van der Waals surface area contributed by atoms with Crippen LogP contribution in [0.5, 0.6) is 0 Å². The van der Waals surface area contributed by atoms with Gasteiger partial charge in [-0.1, -0.05) is 12.8 Å². The lowest BCUT2D eigenvalue weighted by Gasteiger charge is -2.34. The van der Waals surface area contributed by atoms with Crippen LogP contribution >= 0.6 is 11.6 Å². The highest BCUT2D eigenvalue weighted by Crippen LogP contribution is 2.29. The van der Waals surface area contributed by atoms with Crippen LogP contribution in [0.1, 0.15) is 25.7 Å². The van der Waals surface area contributed by atoms with Crippen molar-refractivity contribution in [1.82, 2.24) is 0 Å². The van der Waals surface area contributed by atoms with Gasteiger partial charge in [0.25, 0.3) is 0 Å². The summed E-state index contributed by atoms with van der Waals surface area (Å²) in [5, 5.41) is 18.9. The zero-order chi connectivity index (χ0) is 7.61. The fraction of sp³-hybridized carbons (Fsp3) is 1.00. The molecule has 10 heavy (non-hydrogen) atoms. The first kappa shape index (κ1) is 8.31. The molecule has 0 bridgehead atoms. The van der Waals surface area contributed by atoms with Crippen LogP contribution in [-0.2, 0) is 0 Å². The van der Waals surface area contributed by atoms with Crippen molar-refractivity contribution in [2.24, 2.45) is 0 Å². The van der Waals surface area contributed by atoms with Gasteiger partial charge < -0.3 is 10.2 Å². The molecule has 0 spiro atoms. The summed E-state index contributed by atoms with van der Waals surface area (Å²) in [5.41, 5.74) is -1.00. The Labute approximate surface area is 65.8 Å². The van der Waals surface area contributed by atoms with E-state index in [2.05, 4.69) is 0 Å². The molecule has 1 aliphatic carbocycles. The Hall–Kier alpha value is 0.210. The number of aliphatic hydroxyl groups excluding tert-OH is 1. The minimum atomic E-state index is -1.00. The highest BCUT2D eigenvalue weighted by molar-refractivity contribution is 6.18. The number of hydrogen-bond donors (Lipinski definition) is 2. The van der Waals surface area contributed by atoms with Crippen molar-refractivity contribution >= 4 is 11.6 Å². The molecule has 0 aliphatic heterocycles. The van der Waals surface area contributed by atoms with Gasteiger partial charge in [-0.25, -0.2) is 0 Å². The SMILES string of the molecule is OC1CCCCC1(O)CCl. The zero-order valence-corrected chi connectivity index (χ0v) is 6.64.